The molecular weight excluding hydrogens is 317 g/mol. The zero-order chi connectivity index (χ0) is 14.3. The molecule has 112 valence electrons. The van der Waals surface area contributed by atoms with Crippen molar-refractivity contribution >= 4 is 47.5 Å². The Bertz CT molecular complexity index is 456. The Kier molecular flexibility index (Phi) is 9.95. The summed E-state index contributed by atoms with van der Waals surface area (Å²) in [4.78, 5) is 14.0. The standard InChI is InChI=1S/C15H19Cl2NO.ClH/c1-3-18(4-2)10-9-13(19)7-5-12-6-8-14(16)15(17)11-12;/h5-8,11H,3-4,9-10H2,1-2H3;1H/b7-5+;. The highest BCUT2D eigenvalue weighted by Gasteiger charge is 2.03. The molecule has 1 rings (SSSR count). The minimum absolute atomic E-state index is 0. The number of hydrogen-bond donors (Lipinski definition) is 0. The van der Waals surface area contributed by atoms with Gasteiger partial charge in [-0.25, -0.2) is 0 Å². The minimum Gasteiger partial charge on any atom is -0.303 e. The van der Waals surface area contributed by atoms with Crippen LogP contribution >= 0.6 is 35.6 Å². The maximum Gasteiger partial charge on any atom is 0.156 e. The molecule has 5 heteroatoms. The summed E-state index contributed by atoms with van der Waals surface area (Å²) >= 11 is 11.7. The first-order valence-electron chi connectivity index (χ1n) is 6.45. The van der Waals surface area contributed by atoms with Gasteiger partial charge in [-0.3, -0.25) is 4.79 Å². The van der Waals surface area contributed by atoms with Crippen LogP contribution in [0, 0.1) is 0 Å². The number of hydrogen-bond acceptors (Lipinski definition) is 2. The van der Waals surface area contributed by atoms with E-state index in [-0.39, 0.29) is 18.2 Å². The third-order valence-corrected chi connectivity index (χ3v) is 3.71. The summed E-state index contributed by atoms with van der Waals surface area (Å²) in [6.07, 6.45) is 3.91. The van der Waals surface area contributed by atoms with E-state index in [9.17, 15) is 4.79 Å². The second-order valence-corrected chi connectivity index (χ2v) is 5.06. The Hall–Kier alpha value is -0.540. The van der Waals surface area contributed by atoms with Gasteiger partial charge in [-0.05, 0) is 36.9 Å². The van der Waals surface area contributed by atoms with E-state index < -0.39 is 0 Å². The third kappa shape index (κ3) is 6.76. The van der Waals surface area contributed by atoms with Gasteiger partial charge < -0.3 is 4.90 Å². The first-order chi connectivity index (χ1) is 9.06. The molecule has 0 aliphatic rings. The van der Waals surface area contributed by atoms with Crippen LogP contribution in [0.3, 0.4) is 0 Å². The van der Waals surface area contributed by atoms with Crippen molar-refractivity contribution in [2.24, 2.45) is 0 Å². The zero-order valence-electron chi connectivity index (χ0n) is 11.7. The van der Waals surface area contributed by atoms with Crippen LogP contribution in [0.1, 0.15) is 25.8 Å². The zero-order valence-corrected chi connectivity index (χ0v) is 14.1. The van der Waals surface area contributed by atoms with E-state index in [1.54, 1.807) is 24.3 Å². The molecule has 20 heavy (non-hydrogen) atoms. The van der Waals surface area contributed by atoms with Crippen molar-refractivity contribution in [3.05, 3.63) is 39.9 Å². The fourth-order valence-electron chi connectivity index (χ4n) is 1.70. The molecule has 0 saturated carbocycles. The summed E-state index contributed by atoms with van der Waals surface area (Å²) in [5.74, 6) is 0.123. The van der Waals surface area contributed by atoms with Crippen molar-refractivity contribution in [3.63, 3.8) is 0 Å². The van der Waals surface area contributed by atoms with E-state index in [2.05, 4.69) is 18.7 Å². The van der Waals surface area contributed by atoms with Gasteiger partial charge in [-0.1, -0.05) is 49.2 Å². The van der Waals surface area contributed by atoms with E-state index in [0.717, 1.165) is 25.2 Å². The average Bonchev–Trinajstić information content (AvgIpc) is 2.41. The molecule has 0 unspecified atom stereocenters. The molecule has 2 nitrogen and oxygen atoms in total. The predicted molar refractivity (Wildman–Crippen MR) is 90.2 cm³/mol. The lowest BCUT2D eigenvalue weighted by Crippen LogP contribution is -2.25. The fraction of sp³-hybridized carbons (Fsp3) is 0.400. The molecule has 0 heterocycles. The summed E-state index contributed by atoms with van der Waals surface area (Å²) in [5, 5.41) is 1.02. The van der Waals surface area contributed by atoms with Gasteiger partial charge in [-0.2, -0.15) is 0 Å². The molecule has 0 atom stereocenters. The number of halogens is 3. The maximum atomic E-state index is 11.7. The van der Waals surface area contributed by atoms with Gasteiger partial charge in [0, 0.05) is 13.0 Å². The van der Waals surface area contributed by atoms with Gasteiger partial charge in [0.25, 0.3) is 0 Å². The van der Waals surface area contributed by atoms with Crippen molar-refractivity contribution in [3.8, 4) is 0 Å². The van der Waals surface area contributed by atoms with Crippen LogP contribution in [0.15, 0.2) is 24.3 Å². The van der Waals surface area contributed by atoms with Gasteiger partial charge in [0.05, 0.1) is 10.0 Å². The van der Waals surface area contributed by atoms with Crippen molar-refractivity contribution in [1.29, 1.82) is 0 Å². The summed E-state index contributed by atoms with van der Waals surface area (Å²) in [6, 6.07) is 5.31. The topological polar surface area (TPSA) is 20.3 Å². The fourth-order valence-corrected chi connectivity index (χ4v) is 2.00. The van der Waals surface area contributed by atoms with Crippen LogP contribution in [-0.2, 0) is 4.79 Å². The molecule has 0 saturated heterocycles. The third-order valence-electron chi connectivity index (χ3n) is 2.97. The summed E-state index contributed by atoms with van der Waals surface area (Å²) < 4.78 is 0. The van der Waals surface area contributed by atoms with E-state index in [4.69, 9.17) is 23.2 Å². The summed E-state index contributed by atoms with van der Waals surface area (Å²) in [6.45, 7) is 6.94. The maximum absolute atomic E-state index is 11.7. The number of nitrogens with zero attached hydrogens (tertiary/aromatic N) is 1. The van der Waals surface area contributed by atoms with Crippen molar-refractivity contribution in [1.82, 2.24) is 4.90 Å². The molecule has 0 amide bonds. The monoisotopic (exact) mass is 335 g/mol. The number of carbonyl (C=O) groups is 1. The quantitative estimate of drug-likeness (QED) is 0.671. The molecule has 1 aromatic carbocycles. The number of benzene rings is 1. The first kappa shape index (κ1) is 19.5. The van der Waals surface area contributed by atoms with Gasteiger partial charge in [0.1, 0.15) is 0 Å². The summed E-state index contributed by atoms with van der Waals surface area (Å²) in [5.41, 5.74) is 0.880. The lowest BCUT2D eigenvalue weighted by atomic mass is 10.1. The molecule has 0 spiro atoms. The SMILES string of the molecule is CCN(CC)CCC(=O)/C=C/c1ccc(Cl)c(Cl)c1.Cl. The molecule has 0 fully saturated rings. The number of rotatable bonds is 7. The van der Waals surface area contributed by atoms with Crippen molar-refractivity contribution < 1.29 is 4.79 Å². The van der Waals surface area contributed by atoms with E-state index in [1.807, 2.05) is 6.07 Å². The van der Waals surface area contributed by atoms with Crippen LogP contribution in [0.5, 0.6) is 0 Å². The Morgan fingerprint density at radius 2 is 1.85 bits per heavy atom. The Morgan fingerprint density at radius 3 is 2.40 bits per heavy atom. The number of ketones is 1. The van der Waals surface area contributed by atoms with Crippen LogP contribution in [0.4, 0.5) is 0 Å². The molecule has 0 bridgehead atoms. The van der Waals surface area contributed by atoms with Crippen molar-refractivity contribution in [2.75, 3.05) is 19.6 Å². The average molecular weight is 337 g/mol. The molecule has 0 aliphatic heterocycles. The Morgan fingerprint density at radius 1 is 1.20 bits per heavy atom. The molecule has 0 aromatic heterocycles. The van der Waals surface area contributed by atoms with E-state index >= 15 is 0 Å². The van der Waals surface area contributed by atoms with Gasteiger partial charge >= 0.3 is 0 Å². The second kappa shape index (κ2) is 10.2. The van der Waals surface area contributed by atoms with Crippen LogP contribution < -0.4 is 0 Å². The minimum atomic E-state index is 0. The van der Waals surface area contributed by atoms with Crippen LogP contribution in [0.2, 0.25) is 10.0 Å². The highest BCUT2D eigenvalue weighted by atomic mass is 35.5. The van der Waals surface area contributed by atoms with Gasteiger partial charge in [0.2, 0.25) is 0 Å². The molecule has 1 aromatic rings. The Labute approximate surface area is 137 Å². The normalized spacial score (nSPS) is 10.8. The van der Waals surface area contributed by atoms with Crippen molar-refractivity contribution in [2.45, 2.75) is 20.3 Å². The van der Waals surface area contributed by atoms with Gasteiger partial charge in [-0.15, -0.1) is 12.4 Å². The number of allylic oxidation sites excluding steroid dienone is 1. The lowest BCUT2D eigenvalue weighted by Gasteiger charge is -2.16. The van der Waals surface area contributed by atoms with E-state index in [1.165, 1.54) is 0 Å². The van der Waals surface area contributed by atoms with Crippen LogP contribution in [0.25, 0.3) is 6.08 Å². The lowest BCUT2D eigenvalue weighted by molar-refractivity contribution is -0.114. The highest BCUT2D eigenvalue weighted by Crippen LogP contribution is 2.23. The van der Waals surface area contributed by atoms with Crippen LogP contribution in [-0.4, -0.2) is 30.3 Å². The smallest absolute Gasteiger partial charge is 0.156 e. The number of carbonyl (C=O) groups excluding carboxylic acids is 1. The second-order valence-electron chi connectivity index (χ2n) is 4.25. The largest absolute Gasteiger partial charge is 0.303 e. The predicted octanol–water partition coefficient (Wildman–Crippen LogP) is 4.73. The first-order valence-corrected chi connectivity index (χ1v) is 7.20. The summed E-state index contributed by atoms with van der Waals surface area (Å²) in [7, 11) is 0. The molecule has 0 aliphatic carbocycles. The highest BCUT2D eigenvalue weighted by molar-refractivity contribution is 6.42. The molecular formula is C15H20Cl3NO. The van der Waals surface area contributed by atoms with E-state index in [0.29, 0.717) is 16.5 Å². The Balaban J connectivity index is 0.00000361. The molecule has 0 N–H and O–H groups in total. The molecule has 0 radical (unpaired) electrons. The van der Waals surface area contributed by atoms with Gasteiger partial charge in [0.15, 0.2) is 5.78 Å².